The van der Waals surface area contributed by atoms with Crippen LogP contribution in [0, 0.1) is 6.92 Å². The van der Waals surface area contributed by atoms with Crippen molar-refractivity contribution in [2.45, 2.75) is 13.8 Å². The Balaban J connectivity index is 0.000000195. The van der Waals surface area contributed by atoms with Crippen LogP contribution in [0.5, 0.6) is 0 Å². The van der Waals surface area contributed by atoms with Crippen LogP contribution < -0.4 is 0 Å². The SMILES string of the molecule is COC(C)=O.Cc1c[nH]c2ccccc12. The predicted molar refractivity (Wildman–Crippen MR) is 60.7 cm³/mol. The van der Waals surface area contributed by atoms with E-state index in [0.29, 0.717) is 0 Å². The summed E-state index contributed by atoms with van der Waals surface area (Å²) in [6, 6.07) is 8.31. The normalized spacial score (nSPS) is 9.27. The zero-order chi connectivity index (χ0) is 11.3. The average molecular weight is 205 g/mol. The molecule has 0 amide bonds. The number of carbonyl (C=O) groups is 1. The standard InChI is InChI=1S/C9H9N.C3H6O2/c1-7-6-10-9-5-3-2-4-8(7)9;1-3(4)5-2/h2-6,10H,1H3;1-2H3. The van der Waals surface area contributed by atoms with E-state index in [1.54, 1.807) is 0 Å². The van der Waals surface area contributed by atoms with Crippen molar-refractivity contribution in [3.05, 3.63) is 36.0 Å². The van der Waals surface area contributed by atoms with Crippen molar-refractivity contribution < 1.29 is 9.53 Å². The van der Waals surface area contributed by atoms with Crippen molar-refractivity contribution in [1.82, 2.24) is 4.98 Å². The Morgan fingerprint density at radius 3 is 2.47 bits per heavy atom. The second kappa shape index (κ2) is 5.20. The summed E-state index contributed by atoms with van der Waals surface area (Å²) in [5.74, 6) is -0.245. The third-order valence-corrected chi connectivity index (χ3v) is 2.08. The van der Waals surface area contributed by atoms with Gasteiger partial charge in [-0.05, 0) is 18.6 Å². The van der Waals surface area contributed by atoms with Gasteiger partial charge < -0.3 is 9.72 Å². The number of benzene rings is 1. The number of ether oxygens (including phenoxy) is 1. The van der Waals surface area contributed by atoms with Gasteiger partial charge in [0.05, 0.1) is 7.11 Å². The van der Waals surface area contributed by atoms with Gasteiger partial charge in [-0.3, -0.25) is 4.79 Å². The fourth-order valence-corrected chi connectivity index (χ4v) is 1.22. The zero-order valence-electron chi connectivity index (χ0n) is 9.20. The monoisotopic (exact) mass is 205 g/mol. The minimum absolute atomic E-state index is 0.245. The van der Waals surface area contributed by atoms with E-state index < -0.39 is 0 Å². The Morgan fingerprint density at radius 1 is 1.33 bits per heavy atom. The fraction of sp³-hybridized carbons (Fsp3) is 0.250. The van der Waals surface area contributed by atoms with Crippen molar-refractivity contribution in [2.75, 3.05) is 7.11 Å². The number of rotatable bonds is 0. The quantitative estimate of drug-likeness (QED) is 0.672. The molecule has 3 nitrogen and oxygen atoms in total. The molecule has 1 aromatic heterocycles. The lowest BCUT2D eigenvalue weighted by molar-refractivity contribution is -0.137. The molecule has 0 unspecified atom stereocenters. The highest BCUT2D eigenvalue weighted by Crippen LogP contribution is 2.15. The van der Waals surface area contributed by atoms with E-state index >= 15 is 0 Å². The molecular weight excluding hydrogens is 190 g/mol. The number of hydrogen-bond donors (Lipinski definition) is 1. The lowest BCUT2D eigenvalue weighted by Crippen LogP contribution is -1.88. The number of fused-ring (bicyclic) bond motifs is 1. The number of aromatic nitrogens is 1. The van der Waals surface area contributed by atoms with Gasteiger partial charge in [0.25, 0.3) is 0 Å². The Bertz CT molecular complexity index is 446. The van der Waals surface area contributed by atoms with Crippen molar-refractivity contribution in [1.29, 1.82) is 0 Å². The smallest absolute Gasteiger partial charge is 0.302 e. The first-order valence-corrected chi connectivity index (χ1v) is 4.72. The molecule has 0 saturated carbocycles. The van der Waals surface area contributed by atoms with Gasteiger partial charge in [0.2, 0.25) is 0 Å². The molecule has 1 aromatic carbocycles. The third-order valence-electron chi connectivity index (χ3n) is 2.08. The molecule has 1 heterocycles. The first-order valence-electron chi connectivity index (χ1n) is 4.72. The number of carbonyl (C=O) groups excluding carboxylic acids is 1. The van der Waals surface area contributed by atoms with Gasteiger partial charge in [-0.2, -0.15) is 0 Å². The maximum absolute atomic E-state index is 9.59. The molecule has 0 aliphatic rings. The van der Waals surface area contributed by atoms with E-state index in [2.05, 4.69) is 34.8 Å². The Kier molecular flexibility index (Phi) is 3.92. The van der Waals surface area contributed by atoms with Crippen molar-refractivity contribution in [3.8, 4) is 0 Å². The van der Waals surface area contributed by atoms with Crippen LogP contribution in [0.3, 0.4) is 0 Å². The molecule has 0 bridgehead atoms. The summed E-state index contributed by atoms with van der Waals surface area (Å²) < 4.78 is 4.11. The number of para-hydroxylation sites is 1. The Morgan fingerprint density at radius 2 is 1.93 bits per heavy atom. The molecule has 0 atom stereocenters. The van der Waals surface area contributed by atoms with Crippen LogP contribution in [0.1, 0.15) is 12.5 Å². The molecule has 0 spiro atoms. The predicted octanol–water partition coefficient (Wildman–Crippen LogP) is 2.66. The maximum atomic E-state index is 9.59. The summed E-state index contributed by atoms with van der Waals surface area (Å²) >= 11 is 0. The van der Waals surface area contributed by atoms with Crippen LogP contribution in [0.15, 0.2) is 30.5 Å². The number of methoxy groups -OCH3 is 1. The van der Waals surface area contributed by atoms with Gasteiger partial charge >= 0.3 is 5.97 Å². The van der Waals surface area contributed by atoms with Gasteiger partial charge in [0.1, 0.15) is 0 Å². The van der Waals surface area contributed by atoms with Crippen LogP contribution in [0.4, 0.5) is 0 Å². The lowest BCUT2D eigenvalue weighted by atomic mass is 10.2. The average Bonchev–Trinajstić information content (AvgIpc) is 2.62. The third kappa shape index (κ3) is 3.13. The Labute approximate surface area is 89.1 Å². The van der Waals surface area contributed by atoms with Gasteiger partial charge in [-0.1, -0.05) is 18.2 Å². The van der Waals surface area contributed by atoms with Crippen LogP contribution >= 0.6 is 0 Å². The van der Waals surface area contributed by atoms with Crippen molar-refractivity contribution in [2.24, 2.45) is 0 Å². The van der Waals surface area contributed by atoms with Crippen molar-refractivity contribution >= 4 is 16.9 Å². The molecule has 0 fully saturated rings. The number of esters is 1. The zero-order valence-corrected chi connectivity index (χ0v) is 9.20. The number of hydrogen-bond acceptors (Lipinski definition) is 2. The van der Waals surface area contributed by atoms with E-state index in [0.717, 1.165) is 0 Å². The van der Waals surface area contributed by atoms with E-state index in [-0.39, 0.29) is 5.97 Å². The van der Waals surface area contributed by atoms with Crippen LogP contribution in [0.25, 0.3) is 10.9 Å². The first-order chi connectivity index (χ1) is 7.15. The maximum Gasteiger partial charge on any atom is 0.302 e. The lowest BCUT2D eigenvalue weighted by Gasteiger charge is -1.86. The number of H-pyrrole nitrogens is 1. The molecule has 2 aromatic rings. The summed E-state index contributed by atoms with van der Waals surface area (Å²) in [5, 5.41) is 1.32. The summed E-state index contributed by atoms with van der Waals surface area (Å²) in [5.41, 5.74) is 2.54. The minimum atomic E-state index is -0.245. The van der Waals surface area contributed by atoms with Gasteiger partial charge in [-0.25, -0.2) is 0 Å². The van der Waals surface area contributed by atoms with E-state index in [1.165, 1.54) is 30.5 Å². The first kappa shape index (κ1) is 11.3. The van der Waals surface area contributed by atoms with E-state index in [9.17, 15) is 4.79 Å². The largest absolute Gasteiger partial charge is 0.469 e. The summed E-state index contributed by atoms with van der Waals surface area (Å²) in [6.07, 6.45) is 2.03. The highest BCUT2D eigenvalue weighted by molar-refractivity contribution is 5.82. The molecule has 0 aliphatic heterocycles. The van der Waals surface area contributed by atoms with Crippen LogP contribution in [0.2, 0.25) is 0 Å². The van der Waals surface area contributed by atoms with Gasteiger partial charge in [0.15, 0.2) is 0 Å². The molecule has 1 N–H and O–H groups in total. The Hall–Kier alpha value is -1.77. The molecule has 2 rings (SSSR count). The number of nitrogens with one attached hydrogen (secondary N) is 1. The van der Waals surface area contributed by atoms with Crippen LogP contribution in [-0.4, -0.2) is 18.1 Å². The van der Waals surface area contributed by atoms with Crippen LogP contribution in [-0.2, 0) is 9.53 Å². The summed E-state index contributed by atoms with van der Waals surface area (Å²) in [7, 11) is 1.35. The summed E-state index contributed by atoms with van der Waals surface area (Å²) in [6.45, 7) is 3.47. The molecule has 3 heteroatoms. The van der Waals surface area contributed by atoms with Gasteiger partial charge in [-0.15, -0.1) is 0 Å². The molecule has 15 heavy (non-hydrogen) atoms. The highest BCUT2D eigenvalue weighted by atomic mass is 16.5. The summed E-state index contributed by atoms with van der Waals surface area (Å²) in [4.78, 5) is 12.8. The number of aromatic amines is 1. The molecule has 0 aliphatic carbocycles. The minimum Gasteiger partial charge on any atom is -0.469 e. The topological polar surface area (TPSA) is 42.1 Å². The van der Waals surface area contributed by atoms with E-state index in [4.69, 9.17) is 0 Å². The molecule has 80 valence electrons. The fourth-order valence-electron chi connectivity index (χ4n) is 1.22. The molecule has 0 saturated heterocycles. The van der Waals surface area contributed by atoms with Gasteiger partial charge in [0, 0.05) is 24.0 Å². The van der Waals surface area contributed by atoms with Crippen molar-refractivity contribution in [3.63, 3.8) is 0 Å². The second-order valence-electron chi connectivity index (χ2n) is 3.21. The molecular formula is C12H15NO2. The molecule has 0 radical (unpaired) electrons. The number of aryl methyl sites for hydroxylation is 1. The highest BCUT2D eigenvalue weighted by Gasteiger charge is 1.94. The second-order valence-corrected chi connectivity index (χ2v) is 3.21. The van der Waals surface area contributed by atoms with E-state index in [1.807, 2.05) is 12.3 Å².